The van der Waals surface area contributed by atoms with Crippen molar-refractivity contribution in [3.63, 3.8) is 0 Å². The fourth-order valence-corrected chi connectivity index (χ4v) is 6.37. The van der Waals surface area contributed by atoms with E-state index in [1.807, 2.05) is 24.3 Å². The van der Waals surface area contributed by atoms with Gasteiger partial charge in [-0.25, -0.2) is 9.78 Å². The number of nitrogens with zero attached hydrogens (tertiary/aromatic N) is 2. The van der Waals surface area contributed by atoms with Gasteiger partial charge in [-0.15, -0.1) is 17.9 Å². The minimum absolute atomic E-state index is 0.258. The molecule has 2 heterocycles. The Morgan fingerprint density at radius 3 is 2.56 bits per heavy atom. The highest BCUT2D eigenvalue weighted by molar-refractivity contribution is 7.15. The van der Waals surface area contributed by atoms with Crippen molar-refractivity contribution in [2.45, 2.75) is 32.1 Å². The molecule has 3 aromatic rings. The third-order valence-corrected chi connectivity index (χ3v) is 8.17. The van der Waals surface area contributed by atoms with E-state index in [4.69, 9.17) is 0 Å². The molecule has 1 aromatic heterocycles. The number of hydrogen-bond acceptors (Lipinski definition) is 5. The van der Waals surface area contributed by atoms with Gasteiger partial charge in [0.2, 0.25) is 0 Å². The van der Waals surface area contributed by atoms with Crippen LogP contribution in [0.2, 0.25) is 0 Å². The first-order valence-electron chi connectivity index (χ1n) is 13.5. The Bertz CT molecular complexity index is 1380. The largest absolute Gasteiger partial charge is 0.360 e. The van der Waals surface area contributed by atoms with Crippen molar-refractivity contribution < 1.29 is 9.59 Å². The van der Waals surface area contributed by atoms with Gasteiger partial charge in [-0.1, -0.05) is 72.8 Å². The maximum absolute atomic E-state index is 13.4. The number of ketones is 1. The van der Waals surface area contributed by atoms with Gasteiger partial charge in [-0.2, -0.15) is 0 Å². The highest BCUT2D eigenvalue weighted by Gasteiger charge is 2.25. The van der Waals surface area contributed by atoms with Crippen molar-refractivity contribution in [1.29, 1.82) is 0 Å². The lowest BCUT2D eigenvalue weighted by atomic mass is 9.93. The molecule has 0 fully saturated rings. The van der Waals surface area contributed by atoms with Gasteiger partial charge in [-0.05, 0) is 54.4 Å². The van der Waals surface area contributed by atoms with Crippen molar-refractivity contribution in [3.05, 3.63) is 107 Å². The van der Waals surface area contributed by atoms with Crippen molar-refractivity contribution in [2.75, 3.05) is 25.0 Å². The second-order valence-electron chi connectivity index (χ2n) is 10.0. The molecule has 39 heavy (non-hydrogen) atoms. The lowest BCUT2D eigenvalue weighted by molar-refractivity contribution is -0.120. The normalized spacial score (nSPS) is 16.8. The molecular formula is C32H34N4O2S. The summed E-state index contributed by atoms with van der Waals surface area (Å²) in [5.74, 6) is 0.541. The van der Waals surface area contributed by atoms with E-state index in [9.17, 15) is 9.59 Å². The Morgan fingerprint density at radius 1 is 1.08 bits per heavy atom. The topological polar surface area (TPSA) is 74.3 Å². The van der Waals surface area contributed by atoms with E-state index in [1.165, 1.54) is 27.4 Å². The number of allylic oxidation sites excluding steroid dienone is 2. The van der Waals surface area contributed by atoms with E-state index < -0.39 is 0 Å². The Hall–Kier alpha value is -3.97. The fourth-order valence-electron chi connectivity index (χ4n) is 5.25. The van der Waals surface area contributed by atoms with Gasteiger partial charge in [0.1, 0.15) is 0 Å². The predicted octanol–water partition coefficient (Wildman–Crippen LogP) is 6.35. The summed E-state index contributed by atoms with van der Waals surface area (Å²) in [7, 11) is 0. The Kier molecular flexibility index (Phi) is 8.68. The number of Topliss-reactive ketones (excluding diaryl/α,β-unsaturated/α-hetero) is 1. The summed E-state index contributed by atoms with van der Waals surface area (Å²) >= 11 is 1.53. The summed E-state index contributed by atoms with van der Waals surface area (Å²) in [5.41, 5.74) is 5.62. The van der Waals surface area contributed by atoms with Crippen LogP contribution in [-0.4, -0.2) is 41.3 Å². The number of amides is 2. The van der Waals surface area contributed by atoms with Gasteiger partial charge in [-0.3, -0.25) is 10.1 Å². The van der Waals surface area contributed by atoms with Gasteiger partial charge < -0.3 is 10.2 Å². The molecule has 0 spiro atoms. The standard InChI is InChI=1S/C32H34N4O2S/c1-2-17-33-31(38)35-32-34-28-15-9-10-23(20-30(28)39-32)19-27(37)22-36-18-16-26(24-11-5-3-6-12-24)21-29(36)25-13-7-4-8-14-25/h2-8,11-14,16,21,23H,1,9-10,15,17-20,22H2,(H2,33,34,35,38). The first kappa shape index (κ1) is 26.6. The third kappa shape index (κ3) is 6.92. The molecule has 7 heteroatoms. The number of carbonyl (C=O) groups is 2. The van der Waals surface area contributed by atoms with Crippen molar-refractivity contribution >= 4 is 39.6 Å². The molecule has 6 nitrogen and oxygen atoms in total. The molecule has 1 unspecified atom stereocenters. The van der Waals surface area contributed by atoms with Crippen LogP contribution in [-0.2, 0) is 17.6 Å². The molecule has 0 bridgehead atoms. The summed E-state index contributed by atoms with van der Waals surface area (Å²) in [4.78, 5) is 33.5. The molecular weight excluding hydrogens is 504 g/mol. The lowest BCUT2D eigenvalue weighted by Gasteiger charge is -2.30. The lowest BCUT2D eigenvalue weighted by Crippen LogP contribution is -2.31. The molecule has 200 valence electrons. The smallest absolute Gasteiger partial charge is 0.321 e. The van der Waals surface area contributed by atoms with Gasteiger partial charge in [0.25, 0.3) is 0 Å². The molecule has 5 rings (SSSR count). The van der Waals surface area contributed by atoms with E-state index in [-0.39, 0.29) is 17.7 Å². The van der Waals surface area contributed by atoms with Gasteiger partial charge in [0.05, 0.1) is 12.2 Å². The first-order chi connectivity index (χ1) is 19.1. The maximum Gasteiger partial charge on any atom is 0.321 e. The van der Waals surface area contributed by atoms with Crippen molar-refractivity contribution in [3.8, 4) is 0 Å². The number of thiazole rings is 1. The van der Waals surface area contributed by atoms with Crippen LogP contribution in [0.1, 0.15) is 41.0 Å². The number of rotatable bonds is 9. The number of hydrogen-bond donors (Lipinski definition) is 2. The van der Waals surface area contributed by atoms with Crippen molar-refractivity contribution in [2.24, 2.45) is 5.92 Å². The molecule has 2 aromatic carbocycles. The van der Waals surface area contributed by atoms with E-state index in [2.05, 4.69) is 75.6 Å². The number of carbonyl (C=O) groups excluding carboxylic acids is 2. The van der Waals surface area contributed by atoms with E-state index in [0.717, 1.165) is 42.6 Å². The highest BCUT2D eigenvalue weighted by atomic mass is 32.1. The van der Waals surface area contributed by atoms with Crippen LogP contribution in [0.15, 0.2) is 85.5 Å². The number of fused-ring (bicyclic) bond motifs is 1. The fraction of sp³-hybridized carbons (Fsp3) is 0.281. The number of benzene rings is 2. The Balaban J connectivity index is 1.24. The Labute approximate surface area is 234 Å². The van der Waals surface area contributed by atoms with Crippen LogP contribution in [0.25, 0.3) is 11.3 Å². The quantitative estimate of drug-likeness (QED) is 0.246. The summed E-state index contributed by atoms with van der Waals surface area (Å²) in [6, 6.07) is 20.4. The molecule has 1 atom stereocenters. The van der Waals surface area contributed by atoms with Crippen molar-refractivity contribution in [1.82, 2.24) is 15.2 Å². The number of anilines is 1. The van der Waals surface area contributed by atoms with Crippen LogP contribution in [0.5, 0.6) is 0 Å². The second kappa shape index (κ2) is 12.7. The summed E-state index contributed by atoms with van der Waals surface area (Å²) in [6.45, 7) is 5.11. The third-order valence-electron chi connectivity index (χ3n) is 7.13. The molecule has 2 N–H and O–H groups in total. The monoisotopic (exact) mass is 538 g/mol. The van der Waals surface area contributed by atoms with Crippen LogP contribution in [0, 0.1) is 5.92 Å². The average molecular weight is 539 g/mol. The van der Waals surface area contributed by atoms with E-state index >= 15 is 0 Å². The summed E-state index contributed by atoms with van der Waals surface area (Å²) < 4.78 is 0. The molecule has 2 amide bonds. The van der Waals surface area contributed by atoms with E-state index in [1.54, 1.807) is 6.08 Å². The average Bonchev–Trinajstić information content (AvgIpc) is 3.23. The number of aromatic nitrogens is 1. The SMILES string of the molecule is C=CCNC(=O)Nc1nc2c(s1)CC(CC(=O)CN1CC=C(c3ccccc3)C=C1c1ccccc1)CCC2. The van der Waals surface area contributed by atoms with Gasteiger partial charge >= 0.3 is 6.03 Å². The highest BCUT2D eigenvalue weighted by Crippen LogP contribution is 2.34. The van der Waals surface area contributed by atoms with E-state index in [0.29, 0.717) is 31.2 Å². The molecule has 2 aliphatic rings. The van der Waals surface area contributed by atoms with Crippen LogP contribution < -0.4 is 10.6 Å². The summed E-state index contributed by atoms with van der Waals surface area (Å²) in [6.07, 6.45) is 10.3. The van der Waals surface area contributed by atoms with Gasteiger partial charge in [0, 0.05) is 30.1 Å². The minimum atomic E-state index is -0.279. The predicted molar refractivity (Wildman–Crippen MR) is 159 cm³/mol. The molecule has 1 aliphatic carbocycles. The maximum atomic E-state index is 13.4. The minimum Gasteiger partial charge on any atom is -0.360 e. The number of aryl methyl sites for hydroxylation is 1. The van der Waals surface area contributed by atoms with Crippen LogP contribution in [0.3, 0.4) is 0 Å². The molecule has 0 radical (unpaired) electrons. The zero-order valence-electron chi connectivity index (χ0n) is 22.1. The number of nitrogens with one attached hydrogen (secondary N) is 2. The van der Waals surface area contributed by atoms with Gasteiger partial charge in [0.15, 0.2) is 10.9 Å². The Morgan fingerprint density at radius 2 is 1.82 bits per heavy atom. The zero-order valence-corrected chi connectivity index (χ0v) is 22.9. The molecule has 0 saturated carbocycles. The summed E-state index contributed by atoms with van der Waals surface area (Å²) in [5, 5.41) is 6.15. The van der Waals surface area contributed by atoms with Crippen LogP contribution >= 0.6 is 11.3 Å². The second-order valence-corrected chi connectivity index (χ2v) is 11.1. The number of urea groups is 1. The van der Waals surface area contributed by atoms with Crippen LogP contribution in [0.4, 0.5) is 9.93 Å². The molecule has 1 aliphatic heterocycles. The zero-order chi connectivity index (χ0) is 27.0. The first-order valence-corrected chi connectivity index (χ1v) is 14.3. The molecule has 0 saturated heterocycles.